The Hall–Kier alpha value is -1.89. The summed E-state index contributed by atoms with van der Waals surface area (Å²) >= 11 is 0. The van der Waals surface area contributed by atoms with Gasteiger partial charge in [0.25, 0.3) is 5.69 Å². The van der Waals surface area contributed by atoms with E-state index in [0.717, 1.165) is 6.07 Å². The summed E-state index contributed by atoms with van der Waals surface area (Å²) in [5.74, 6) is -0.240. The summed E-state index contributed by atoms with van der Waals surface area (Å²) in [5.41, 5.74) is -0.00477. The van der Waals surface area contributed by atoms with Crippen molar-refractivity contribution in [3.05, 3.63) is 47.0 Å². The fraction of sp³-hybridized carbons (Fsp3) is 0.111. The van der Waals surface area contributed by atoms with E-state index in [9.17, 15) is 18.5 Å². The molecule has 0 aliphatic rings. The van der Waals surface area contributed by atoms with Crippen LogP contribution < -0.4 is 4.72 Å². The van der Waals surface area contributed by atoms with Crippen molar-refractivity contribution in [1.29, 1.82) is 0 Å². The van der Waals surface area contributed by atoms with Crippen LogP contribution in [-0.2, 0) is 10.0 Å². The molecule has 0 spiro atoms. The molecule has 6 nitrogen and oxygen atoms in total. The van der Waals surface area contributed by atoms with Gasteiger partial charge in [-0.15, -0.1) is 6.58 Å². The van der Waals surface area contributed by atoms with Crippen LogP contribution in [0.5, 0.6) is 0 Å². The summed E-state index contributed by atoms with van der Waals surface area (Å²) in [5, 5.41) is 10.5. The van der Waals surface area contributed by atoms with Crippen LogP contribution in [-0.4, -0.2) is 19.1 Å². The Kier molecular flexibility index (Phi) is 3.62. The maximum atomic E-state index is 11.3. The summed E-state index contributed by atoms with van der Waals surface area (Å²) in [7, 11) is -3.52. The number of benzene rings is 1. The fourth-order valence-electron chi connectivity index (χ4n) is 1.06. The van der Waals surface area contributed by atoms with E-state index in [4.69, 9.17) is 0 Å². The van der Waals surface area contributed by atoms with Gasteiger partial charge < -0.3 is 0 Å². The van der Waals surface area contributed by atoms with E-state index in [-0.39, 0.29) is 17.1 Å². The Bertz CT molecular complexity index is 510. The summed E-state index contributed by atoms with van der Waals surface area (Å²) in [6.07, 6.45) is 1.24. The average molecular weight is 242 g/mol. The number of nitro benzene ring substituents is 1. The second-order valence-electron chi connectivity index (χ2n) is 2.98. The number of non-ortho nitro benzene ring substituents is 1. The first kappa shape index (κ1) is 12.2. The molecule has 0 atom stereocenters. The van der Waals surface area contributed by atoms with Crippen molar-refractivity contribution < 1.29 is 13.3 Å². The van der Waals surface area contributed by atoms with Gasteiger partial charge in [0.2, 0.25) is 10.0 Å². The Labute approximate surface area is 92.8 Å². The molecule has 0 bridgehead atoms. The predicted molar refractivity (Wildman–Crippen MR) is 60.7 cm³/mol. The number of hydrogen-bond acceptors (Lipinski definition) is 4. The Morgan fingerprint density at radius 2 is 2.19 bits per heavy atom. The van der Waals surface area contributed by atoms with Gasteiger partial charge in [-0.05, 0) is 6.07 Å². The zero-order valence-corrected chi connectivity index (χ0v) is 9.11. The lowest BCUT2D eigenvalue weighted by Crippen LogP contribution is -2.15. The molecule has 0 fully saturated rings. The third-order valence-corrected chi connectivity index (χ3v) is 2.89. The number of hydrogen-bond donors (Lipinski definition) is 1. The summed E-state index contributed by atoms with van der Waals surface area (Å²) in [6, 6.07) is 5.28. The minimum atomic E-state index is -3.52. The molecular weight excluding hydrogens is 232 g/mol. The molecule has 1 N–H and O–H groups in total. The molecule has 0 saturated carbocycles. The van der Waals surface area contributed by atoms with Crippen LogP contribution in [0.1, 0.15) is 0 Å². The van der Waals surface area contributed by atoms with Gasteiger partial charge in [-0.25, -0.2) is 8.42 Å². The smallest absolute Gasteiger partial charge is 0.271 e. The van der Waals surface area contributed by atoms with Crippen molar-refractivity contribution in [3.63, 3.8) is 0 Å². The SMILES string of the molecule is C=CCS(=O)(=O)Nc1cccc([N+](=O)[O-])c1. The molecule has 0 heterocycles. The summed E-state index contributed by atoms with van der Waals surface area (Å²) in [4.78, 5) is 9.86. The standard InChI is InChI=1S/C9H10N2O4S/c1-2-6-16(14,15)10-8-4-3-5-9(7-8)11(12)13/h2-5,7,10H,1,6H2. The van der Waals surface area contributed by atoms with Crippen molar-refractivity contribution in [2.75, 3.05) is 10.5 Å². The molecule has 0 radical (unpaired) electrons. The molecule has 0 aliphatic heterocycles. The molecular formula is C9H10N2O4S. The van der Waals surface area contributed by atoms with E-state index in [1.54, 1.807) is 0 Å². The minimum absolute atomic E-state index is 0.163. The first-order chi connectivity index (χ1) is 7.44. The van der Waals surface area contributed by atoms with Crippen molar-refractivity contribution in [3.8, 4) is 0 Å². The molecule has 0 aromatic heterocycles. The van der Waals surface area contributed by atoms with Crippen molar-refractivity contribution in [2.24, 2.45) is 0 Å². The number of nitrogens with zero attached hydrogens (tertiary/aromatic N) is 1. The fourth-order valence-corrected chi connectivity index (χ4v) is 1.94. The molecule has 7 heteroatoms. The quantitative estimate of drug-likeness (QED) is 0.481. The zero-order valence-electron chi connectivity index (χ0n) is 8.29. The third kappa shape index (κ3) is 3.35. The highest BCUT2D eigenvalue weighted by Crippen LogP contribution is 2.17. The Morgan fingerprint density at radius 3 is 2.75 bits per heavy atom. The van der Waals surface area contributed by atoms with Crippen LogP contribution >= 0.6 is 0 Å². The zero-order chi connectivity index (χ0) is 12.2. The van der Waals surface area contributed by atoms with Crippen LogP contribution in [0.4, 0.5) is 11.4 Å². The van der Waals surface area contributed by atoms with E-state index in [1.807, 2.05) is 0 Å². The molecule has 0 amide bonds. The number of rotatable bonds is 5. The molecule has 16 heavy (non-hydrogen) atoms. The average Bonchev–Trinajstić information content (AvgIpc) is 2.17. The van der Waals surface area contributed by atoms with Crippen LogP contribution in [0.15, 0.2) is 36.9 Å². The normalized spacial score (nSPS) is 10.8. The molecule has 1 aromatic carbocycles. The Morgan fingerprint density at radius 1 is 1.50 bits per heavy atom. The van der Waals surface area contributed by atoms with E-state index in [2.05, 4.69) is 11.3 Å². The maximum Gasteiger partial charge on any atom is 0.271 e. The van der Waals surface area contributed by atoms with Crippen molar-refractivity contribution in [1.82, 2.24) is 0 Å². The lowest BCUT2D eigenvalue weighted by atomic mass is 10.3. The van der Waals surface area contributed by atoms with E-state index in [1.165, 1.54) is 24.3 Å². The topological polar surface area (TPSA) is 89.3 Å². The highest BCUT2D eigenvalue weighted by Gasteiger charge is 2.10. The largest absolute Gasteiger partial charge is 0.283 e. The van der Waals surface area contributed by atoms with Gasteiger partial charge in [0.15, 0.2) is 0 Å². The van der Waals surface area contributed by atoms with Gasteiger partial charge >= 0.3 is 0 Å². The molecule has 0 saturated heterocycles. The monoisotopic (exact) mass is 242 g/mol. The number of nitro groups is 1. The maximum absolute atomic E-state index is 11.3. The second-order valence-corrected chi connectivity index (χ2v) is 4.75. The van der Waals surface area contributed by atoms with Gasteiger partial charge in [-0.2, -0.15) is 0 Å². The summed E-state index contributed by atoms with van der Waals surface area (Å²) < 4.78 is 24.9. The van der Waals surface area contributed by atoms with Crippen LogP contribution in [0.3, 0.4) is 0 Å². The number of anilines is 1. The van der Waals surface area contributed by atoms with Crippen molar-refractivity contribution in [2.45, 2.75) is 0 Å². The van der Waals surface area contributed by atoms with Gasteiger partial charge in [-0.1, -0.05) is 12.1 Å². The highest BCUT2D eigenvalue weighted by molar-refractivity contribution is 7.92. The third-order valence-electron chi connectivity index (χ3n) is 1.67. The van der Waals surface area contributed by atoms with Gasteiger partial charge in [0.1, 0.15) is 0 Å². The molecule has 0 unspecified atom stereocenters. The lowest BCUT2D eigenvalue weighted by Gasteiger charge is -2.05. The first-order valence-corrected chi connectivity index (χ1v) is 5.96. The summed E-state index contributed by atoms with van der Waals surface area (Å²) in [6.45, 7) is 3.31. The van der Waals surface area contributed by atoms with E-state index >= 15 is 0 Å². The molecule has 86 valence electrons. The molecule has 1 rings (SSSR count). The minimum Gasteiger partial charge on any atom is -0.283 e. The first-order valence-electron chi connectivity index (χ1n) is 4.30. The molecule has 1 aromatic rings. The van der Waals surface area contributed by atoms with Gasteiger partial charge in [0, 0.05) is 12.1 Å². The highest BCUT2D eigenvalue weighted by atomic mass is 32.2. The van der Waals surface area contributed by atoms with Gasteiger partial charge in [-0.3, -0.25) is 14.8 Å². The van der Waals surface area contributed by atoms with Crippen molar-refractivity contribution >= 4 is 21.4 Å². The van der Waals surface area contributed by atoms with Crippen LogP contribution in [0.25, 0.3) is 0 Å². The number of nitrogens with one attached hydrogen (secondary N) is 1. The molecule has 0 aliphatic carbocycles. The van der Waals surface area contributed by atoms with E-state index < -0.39 is 14.9 Å². The van der Waals surface area contributed by atoms with Crippen LogP contribution in [0, 0.1) is 10.1 Å². The van der Waals surface area contributed by atoms with Gasteiger partial charge in [0.05, 0.1) is 16.4 Å². The second kappa shape index (κ2) is 4.75. The number of sulfonamides is 1. The predicted octanol–water partition coefficient (Wildman–Crippen LogP) is 1.52. The Balaban J connectivity index is 2.94. The van der Waals surface area contributed by atoms with Crippen LogP contribution in [0.2, 0.25) is 0 Å². The van der Waals surface area contributed by atoms with E-state index in [0.29, 0.717) is 0 Å². The lowest BCUT2D eigenvalue weighted by molar-refractivity contribution is -0.384.